The van der Waals surface area contributed by atoms with Crippen LogP contribution >= 0.6 is 11.6 Å². The second-order valence-corrected chi connectivity index (χ2v) is 5.45. The smallest absolute Gasteiger partial charge is 0.382 e. The fourth-order valence-corrected chi connectivity index (χ4v) is 2.91. The van der Waals surface area contributed by atoms with Crippen LogP contribution in [0.2, 0.25) is 5.02 Å². The number of rotatable bonds is 2. The van der Waals surface area contributed by atoms with Gasteiger partial charge in [-0.05, 0) is 37.5 Å². The summed E-state index contributed by atoms with van der Waals surface area (Å²) < 4.78 is 38.2. The summed E-state index contributed by atoms with van der Waals surface area (Å²) in [5.41, 5.74) is 1.37. The molecule has 1 fully saturated rings. The summed E-state index contributed by atoms with van der Waals surface area (Å²) >= 11 is 6.06. The molecule has 0 aliphatic carbocycles. The molecule has 0 bridgehead atoms. The van der Waals surface area contributed by atoms with Gasteiger partial charge >= 0.3 is 6.18 Å². The number of benzene rings is 1. The predicted octanol–water partition coefficient (Wildman–Crippen LogP) is 3.41. The van der Waals surface area contributed by atoms with Crippen molar-refractivity contribution >= 4 is 17.3 Å². The van der Waals surface area contributed by atoms with Crippen LogP contribution in [0.3, 0.4) is 0 Å². The molecule has 2 atom stereocenters. The molecule has 1 heterocycles. The third-order valence-electron chi connectivity index (χ3n) is 3.79. The van der Waals surface area contributed by atoms with Gasteiger partial charge in [0.1, 0.15) is 6.07 Å². The molecule has 21 heavy (non-hydrogen) atoms. The number of aliphatic hydroxyl groups excluding tert-OH is 1. The summed E-state index contributed by atoms with van der Waals surface area (Å²) in [5, 5.41) is 18.7. The Morgan fingerprint density at radius 1 is 1.48 bits per heavy atom. The Balaban J connectivity index is 2.38. The van der Waals surface area contributed by atoms with Gasteiger partial charge in [-0.25, -0.2) is 0 Å². The molecule has 1 unspecified atom stereocenters. The number of aliphatic hydroxyl groups is 1. The van der Waals surface area contributed by atoms with Gasteiger partial charge < -0.3 is 10.0 Å². The van der Waals surface area contributed by atoms with Gasteiger partial charge in [-0.15, -0.1) is 0 Å². The molecule has 1 aliphatic rings. The van der Waals surface area contributed by atoms with E-state index in [4.69, 9.17) is 16.9 Å². The number of hydrogen-bond acceptors (Lipinski definition) is 3. The predicted molar refractivity (Wildman–Crippen MR) is 73.3 cm³/mol. The van der Waals surface area contributed by atoms with E-state index in [0.717, 1.165) is 0 Å². The highest BCUT2D eigenvalue weighted by Gasteiger charge is 2.47. The third kappa shape index (κ3) is 2.94. The van der Waals surface area contributed by atoms with E-state index in [-0.39, 0.29) is 17.0 Å². The van der Waals surface area contributed by atoms with Gasteiger partial charge in [0.15, 0.2) is 6.10 Å². The van der Waals surface area contributed by atoms with E-state index in [1.54, 1.807) is 13.0 Å². The lowest BCUT2D eigenvalue weighted by Gasteiger charge is -2.32. The minimum Gasteiger partial charge on any atom is -0.382 e. The van der Waals surface area contributed by atoms with Crippen molar-refractivity contribution < 1.29 is 18.3 Å². The first-order chi connectivity index (χ1) is 9.77. The minimum atomic E-state index is -4.66. The lowest BCUT2D eigenvalue weighted by atomic mass is 10.0. The van der Waals surface area contributed by atoms with Crippen molar-refractivity contribution in [3.8, 4) is 6.07 Å². The summed E-state index contributed by atoms with van der Waals surface area (Å²) in [6.07, 6.45) is -6.22. The lowest BCUT2D eigenvalue weighted by molar-refractivity contribution is -0.209. The van der Waals surface area contributed by atoms with Gasteiger partial charge in [0.25, 0.3) is 0 Å². The van der Waals surface area contributed by atoms with Crippen LogP contribution in [0.5, 0.6) is 0 Å². The number of hydrogen-bond donors (Lipinski definition) is 1. The van der Waals surface area contributed by atoms with Crippen LogP contribution in [0.15, 0.2) is 12.1 Å². The molecule has 0 radical (unpaired) electrons. The van der Waals surface area contributed by atoms with Crippen molar-refractivity contribution in [1.29, 1.82) is 5.26 Å². The van der Waals surface area contributed by atoms with E-state index < -0.39 is 18.3 Å². The quantitative estimate of drug-likeness (QED) is 0.909. The molecule has 0 amide bonds. The number of anilines is 1. The molecular formula is C14H14ClF3N2O. The summed E-state index contributed by atoms with van der Waals surface area (Å²) in [7, 11) is 0. The molecule has 1 aliphatic heterocycles. The first-order valence-electron chi connectivity index (χ1n) is 6.48. The normalized spacial score (nSPS) is 20.4. The fourth-order valence-electron chi connectivity index (χ4n) is 2.71. The average Bonchev–Trinajstić information content (AvgIpc) is 2.88. The minimum absolute atomic E-state index is 0.238. The maximum Gasteiger partial charge on any atom is 0.416 e. The highest BCUT2D eigenvalue weighted by molar-refractivity contribution is 6.32. The van der Waals surface area contributed by atoms with Gasteiger partial charge in [0.05, 0.1) is 16.6 Å². The standard InChI is InChI=1S/C14H14ClF3N2O/c1-8-10(5-4-9(7-19)12(8)15)20-6-2-3-11(20)13(21)14(16,17)18/h4-5,11,13,21H,2-3,6H2,1H3/t11-,13?/m1/s1. The van der Waals surface area contributed by atoms with Gasteiger partial charge in [-0.1, -0.05) is 11.6 Å². The first-order valence-corrected chi connectivity index (χ1v) is 6.85. The Morgan fingerprint density at radius 2 is 2.14 bits per heavy atom. The van der Waals surface area contributed by atoms with Crippen LogP contribution in [-0.2, 0) is 0 Å². The molecule has 1 aromatic rings. The van der Waals surface area contributed by atoms with Crippen molar-refractivity contribution in [3.63, 3.8) is 0 Å². The van der Waals surface area contributed by atoms with Crippen molar-refractivity contribution in [2.24, 2.45) is 0 Å². The maximum atomic E-state index is 12.7. The van der Waals surface area contributed by atoms with E-state index in [2.05, 4.69) is 0 Å². The largest absolute Gasteiger partial charge is 0.416 e. The van der Waals surface area contributed by atoms with Crippen LogP contribution in [0.4, 0.5) is 18.9 Å². The Bertz CT molecular complexity index is 583. The molecule has 114 valence electrons. The van der Waals surface area contributed by atoms with Crippen LogP contribution in [-0.4, -0.2) is 30.0 Å². The molecule has 2 rings (SSSR count). The highest BCUT2D eigenvalue weighted by atomic mass is 35.5. The second-order valence-electron chi connectivity index (χ2n) is 5.07. The molecule has 7 heteroatoms. The SMILES string of the molecule is Cc1c(N2CCC[C@@H]2C(O)C(F)(F)F)ccc(C#N)c1Cl. The van der Waals surface area contributed by atoms with Crippen LogP contribution in [0.25, 0.3) is 0 Å². The van der Waals surface area contributed by atoms with E-state index in [0.29, 0.717) is 24.2 Å². The van der Waals surface area contributed by atoms with E-state index >= 15 is 0 Å². The zero-order valence-electron chi connectivity index (χ0n) is 11.3. The zero-order chi connectivity index (χ0) is 15.8. The molecular weight excluding hydrogens is 305 g/mol. The van der Waals surface area contributed by atoms with Gasteiger partial charge in [-0.3, -0.25) is 0 Å². The summed E-state index contributed by atoms with van der Waals surface area (Å²) in [5.74, 6) is 0. The zero-order valence-corrected chi connectivity index (χ0v) is 12.0. The number of nitriles is 1. The van der Waals surface area contributed by atoms with Crippen molar-refractivity contribution in [2.45, 2.75) is 38.1 Å². The highest BCUT2D eigenvalue weighted by Crippen LogP contribution is 2.37. The monoisotopic (exact) mass is 318 g/mol. The van der Waals surface area contributed by atoms with E-state index in [1.807, 2.05) is 6.07 Å². The first kappa shape index (κ1) is 15.9. The van der Waals surface area contributed by atoms with Crippen molar-refractivity contribution in [1.82, 2.24) is 0 Å². The maximum absolute atomic E-state index is 12.7. The molecule has 0 aromatic heterocycles. The summed E-state index contributed by atoms with van der Waals surface area (Å²) in [4.78, 5) is 1.53. The van der Waals surface area contributed by atoms with Crippen molar-refractivity contribution in [2.75, 3.05) is 11.4 Å². The third-order valence-corrected chi connectivity index (χ3v) is 4.27. The molecule has 3 nitrogen and oxygen atoms in total. The van der Waals surface area contributed by atoms with Gasteiger partial charge in [0, 0.05) is 12.2 Å². The second kappa shape index (κ2) is 5.74. The number of nitrogens with zero attached hydrogens (tertiary/aromatic N) is 2. The Hall–Kier alpha value is -1.45. The van der Waals surface area contributed by atoms with E-state index in [9.17, 15) is 18.3 Å². The fraction of sp³-hybridized carbons (Fsp3) is 0.500. The molecule has 1 saturated heterocycles. The Labute approximate surface area is 125 Å². The van der Waals surface area contributed by atoms with Crippen LogP contribution in [0, 0.1) is 18.3 Å². The summed E-state index contributed by atoms with van der Waals surface area (Å²) in [6, 6.07) is 3.98. The van der Waals surface area contributed by atoms with Gasteiger partial charge in [-0.2, -0.15) is 18.4 Å². The molecule has 1 aromatic carbocycles. The Morgan fingerprint density at radius 3 is 2.71 bits per heavy atom. The Kier molecular flexibility index (Phi) is 4.35. The van der Waals surface area contributed by atoms with Gasteiger partial charge in [0.2, 0.25) is 0 Å². The topological polar surface area (TPSA) is 47.3 Å². The van der Waals surface area contributed by atoms with Crippen LogP contribution < -0.4 is 4.90 Å². The van der Waals surface area contributed by atoms with Crippen LogP contribution in [0.1, 0.15) is 24.0 Å². The van der Waals surface area contributed by atoms with E-state index in [1.165, 1.54) is 11.0 Å². The van der Waals surface area contributed by atoms with Crippen molar-refractivity contribution in [3.05, 3.63) is 28.3 Å². The number of halogens is 4. The molecule has 0 saturated carbocycles. The molecule has 0 spiro atoms. The molecule has 1 N–H and O–H groups in total. The average molecular weight is 319 g/mol. The lowest BCUT2D eigenvalue weighted by Crippen LogP contribution is -2.47. The summed E-state index contributed by atoms with van der Waals surface area (Å²) in [6.45, 7) is 2.08. The number of alkyl halides is 3.